The summed E-state index contributed by atoms with van der Waals surface area (Å²) in [6.45, 7) is 0.948. The van der Waals surface area contributed by atoms with Crippen molar-refractivity contribution in [2.24, 2.45) is 5.92 Å². The molecule has 1 unspecified atom stereocenters. The molecular weight excluding hydrogens is 254 g/mol. The summed E-state index contributed by atoms with van der Waals surface area (Å²) >= 11 is 0. The Bertz CT molecular complexity index is 337. The summed E-state index contributed by atoms with van der Waals surface area (Å²) in [7, 11) is 1.23. The predicted molar refractivity (Wildman–Crippen MR) is 64.4 cm³/mol. The first-order chi connectivity index (χ1) is 9.04. The molecule has 7 nitrogen and oxygen atoms in total. The normalized spacial score (nSPS) is 20.4. The van der Waals surface area contributed by atoms with Gasteiger partial charge >= 0.3 is 11.9 Å². The number of carbonyl (C=O) groups is 3. The van der Waals surface area contributed by atoms with Crippen LogP contribution < -0.4 is 5.32 Å². The number of amides is 1. The van der Waals surface area contributed by atoms with Gasteiger partial charge in [-0.2, -0.15) is 0 Å². The third-order valence-electron chi connectivity index (χ3n) is 3.01. The fourth-order valence-corrected chi connectivity index (χ4v) is 1.86. The van der Waals surface area contributed by atoms with Gasteiger partial charge in [-0.05, 0) is 19.3 Å². The first-order valence-electron chi connectivity index (χ1n) is 6.22. The molecule has 108 valence electrons. The van der Waals surface area contributed by atoms with E-state index < -0.39 is 18.0 Å². The average molecular weight is 273 g/mol. The summed E-state index contributed by atoms with van der Waals surface area (Å²) in [4.78, 5) is 33.9. The number of ether oxygens (including phenoxy) is 2. The van der Waals surface area contributed by atoms with Gasteiger partial charge in [-0.3, -0.25) is 9.59 Å². The van der Waals surface area contributed by atoms with E-state index in [0.29, 0.717) is 19.6 Å². The molecule has 1 aliphatic heterocycles. The number of carboxylic acid groups (broad SMARTS) is 1. The first-order valence-corrected chi connectivity index (χ1v) is 6.22. The van der Waals surface area contributed by atoms with Crippen molar-refractivity contribution in [3.8, 4) is 0 Å². The van der Waals surface area contributed by atoms with Crippen molar-refractivity contribution in [1.29, 1.82) is 0 Å². The first kappa shape index (κ1) is 15.4. The highest BCUT2D eigenvalue weighted by molar-refractivity contribution is 5.85. The highest BCUT2D eigenvalue weighted by Crippen LogP contribution is 2.14. The van der Waals surface area contributed by atoms with Gasteiger partial charge in [0, 0.05) is 13.0 Å². The van der Waals surface area contributed by atoms with Crippen molar-refractivity contribution >= 4 is 17.8 Å². The zero-order chi connectivity index (χ0) is 14.3. The van der Waals surface area contributed by atoms with Crippen LogP contribution >= 0.6 is 0 Å². The SMILES string of the molecule is COC(=O)CC[C@@H](NC(=O)C1CCCOC1)C(=O)O. The van der Waals surface area contributed by atoms with Crippen LogP contribution in [-0.2, 0) is 23.9 Å². The van der Waals surface area contributed by atoms with Crippen LogP contribution in [0.1, 0.15) is 25.7 Å². The highest BCUT2D eigenvalue weighted by atomic mass is 16.5. The zero-order valence-electron chi connectivity index (χ0n) is 10.9. The highest BCUT2D eigenvalue weighted by Gasteiger charge is 2.27. The van der Waals surface area contributed by atoms with E-state index in [1.807, 2.05) is 0 Å². The maximum Gasteiger partial charge on any atom is 0.326 e. The number of carboxylic acids is 1. The van der Waals surface area contributed by atoms with Gasteiger partial charge in [0.05, 0.1) is 19.6 Å². The molecule has 1 heterocycles. The Kier molecular flexibility index (Phi) is 6.27. The molecule has 2 atom stereocenters. The molecule has 0 aromatic carbocycles. The number of rotatable bonds is 6. The topological polar surface area (TPSA) is 102 Å². The molecule has 0 spiro atoms. The van der Waals surface area contributed by atoms with Crippen LogP contribution in [-0.4, -0.2) is 49.3 Å². The molecule has 0 bridgehead atoms. The Morgan fingerprint density at radius 2 is 2.21 bits per heavy atom. The molecule has 0 saturated carbocycles. The van der Waals surface area contributed by atoms with Crippen LogP contribution in [0.3, 0.4) is 0 Å². The maximum atomic E-state index is 11.9. The van der Waals surface area contributed by atoms with Gasteiger partial charge < -0.3 is 19.9 Å². The summed E-state index contributed by atoms with van der Waals surface area (Å²) < 4.78 is 9.62. The fourth-order valence-electron chi connectivity index (χ4n) is 1.86. The van der Waals surface area contributed by atoms with Crippen molar-refractivity contribution in [1.82, 2.24) is 5.32 Å². The molecule has 19 heavy (non-hydrogen) atoms. The molecule has 1 aliphatic rings. The second-order valence-electron chi connectivity index (χ2n) is 4.43. The number of hydrogen-bond acceptors (Lipinski definition) is 5. The standard InChI is InChI=1S/C12H19NO6/c1-18-10(14)5-4-9(12(16)17)13-11(15)8-3-2-6-19-7-8/h8-9H,2-7H2,1H3,(H,13,15)(H,16,17)/t8?,9-/m1/s1. The number of aliphatic carboxylic acids is 1. The molecule has 1 amide bonds. The lowest BCUT2D eigenvalue weighted by molar-refractivity contribution is -0.145. The van der Waals surface area contributed by atoms with Crippen LogP contribution in [0.4, 0.5) is 0 Å². The number of esters is 1. The number of nitrogens with one attached hydrogen (secondary N) is 1. The van der Waals surface area contributed by atoms with Gasteiger partial charge in [0.25, 0.3) is 0 Å². The van der Waals surface area contributed by atoms with Gasteiger partial charge in [0.15, 0.2) is 0 Å². The van der Waals surface area contributed by atoms with Crippen molar-refractivity contribution in [2.75, 3.05) is 20.3 Å². The molecule has 0 aliphatic carbocycles. The van der Waals surface area contributed by atoms with E-state index in [1.54, 1.807) is 0 Å². The third-order valence-corrected chi connectivity index (χ3v) is 3.01. The quantitative estimate of drug-likeness (QED) is 0.657. The van der Waals surface area contributed by atoms with Crippen molar-refractivity contribution in [2.45, 2.75) is 31.7 Å². The number of carbonyl (C=O) groups excluding carboxylic acids is 2. The average Bonchev–Trinajstić information content (AvgIpc) is 2.43. The van der Waals surface area contributed by atoms with Crippen LogP contribution in [0.25, 0.3) is 0 Å². The largest absolute Gasteiger partial charge is 0.480 e. The minimum atomic E-state index is -1.16. The molecule has 1 rings (SSSR count). The lowest BCUT2D eigenvalue weighted by Gasteiger charge is -2.23. The van der Waals surface area contributed by atoms with Crippen molar-refractivity contribution in [3.05, 3.63) is 0 Å². The summed E-state index contributed by atoms with van der Waals surface area (Å²) in [5, 5.41) is 11.4. The predicted octanol–water partition coefficient (Wildman–Crippen LogP) is -0.0644. The van der Waals surface area contributed by atoms with E-state index in [1.165, 1.54) is 7.11 Å². The number of hydrogen-bond donors (Lipinski definition) is 2. The summed E-state index contributed by atoms with van der Waals surface area (Å²) in [5.41, 5.74) is 0. The smallest absolute Gasteiger partial charge is 0.326 e. The Balaban J connectivity index is 2.45. The van der Waals surface area contributed by atoms with Gasteiger partial charge in [0.2, 0.25) is 5.91 Å². The third kappa shape index (κ3) is 5.25. The molecule has 1 fully saturated rings. The summed E-state index contributed by atoms with van der Waals surface area (Å²) in [6, 6.07) is -1.08. The number of methoxy groups -OCH3 is 1. The van der Waals surface area contributed by atoms with Crippen LogP contribution in [0.2, 0.25) is 0 Å². The Labute approximate surface area is 111 Å². The molecule has 2 N–H and O–H groups in total. The molecule has 7 heteroatoms. The zero-order valence-corrected chi connectivity index (χ0v) is 10.9. The van der Waals surface area contributed by atoms with Crippen LogP contribution in [0.5, 0.6) is 0 Å². The van der Waals surface area contributed by atoms with Crippen LogP contribution in [0, 0.1) is 5.92 Å². The molecular formula is C12H19NO6. The van der Waals surface area contributed by atoms with Crippen molar-refractivity contribution in [3.63, 3.8) is 0 Å². The van der Waals surface area contributed by atoms with Gasteiger partial charge in [-0.25, -0.2) is 4.79 Å². The Morgan fingerprint density at radius 3 is 2.74 bits per heavy atom. The minimum absolute atomic E-state index is 0.0152. The van der Waals surface area contributed by atoms with E-state index in [4.69, 9.17) is 9.84 Å². The second-order valence-corrected chi connectivity index (χ2v) is 4.43. The van der Waals surface area contributed by atoms with Crippen LogP contribution in [0.15, 0.2) is 0 Å². The Hall–Kier alpha value is -1.63. The van der Waals surface area contributed by atoms with E-state index in [9.17, 15) is 14.4 Å². The fraction of sp³-hybridized carbons (Fsp3) is 0.750. The Morgan fingerprint density at radius 1 is 1.47 bits per heavy atom. The van der Waals surface area contributed by atoms with E-state index in [2.05, 4.69) is 10.1 Å². The van der Waals surface area contributed by atoms with E-state index in [-0.39, 0.29) is 24.7 Å². The van der Waals surface area contributed by atoms with Gasteiger partial charge in [0.1, 0.15) is 6.04 Å². The molecule has 1 saturated heterocycles. The second kappa shape index (κ2) is 7.73. The molecule has 0 radical (unpaired) electrons. The maximum absolute atomic E-state index is 11.9. The molecule has 0 aromatic rings. The molecule has 0 aromatic heterocycles. The van der Waals surface area contributed by atoms with Crippen molar-refractivity contribution < 1.29 is 29.0 Å². The summed E-state index contributed by atoms with van der Waals surface area (Å²) in [5.74, 6) is -2.30. The summed E-state index contributed by atoms with van der Waals surface area (Å²) in [6.07, 6.45) is 1.45. The van der Waals surface area contributed by atoms with E-state index in [0.717, 1.165) is 6.42 Å². The van der Waals surface area contributed by atoms with E-state index >= 15 is 0 Å². The van der Waals surface area contributed by atoms with Gasteiger partial charge in [-0.1, -0.05) is 0 Å². The van der Waals surface area contributed by atoms with Gasteiger partial charge in [-0.15, -0.1) is 0 Å². The lowest BCUT2D eigenvalue weighted by Crippen LogP contribution is -2.45. The minimum Gasteiger partial charge on any atom is -0.480 e. The lowest BCUT2D eigenvalue weighted by atomic mass is 10.0. The monoisotopic (exact) mass is 273 g/mol.